The Labute approximate surface area is 93.8 Å². The van der Waals surface area contributed by atoms with Crippen LogP contribution in [-0.2, 0) is 9.59 Å². The first-order valence-corrected chi connectivity index (χ1v) is 4.53. The van der Waals surface area contributed by atoms with Gasteiger partial charge in [0, 0.05) is 19.3 Å². The zero-order chi connectivity index (χ0) is 10.6. The molecule has 15 heavy (non-hydrogen) atoms. The average Bonchev–Trinajstić information content (AvgIpc) is 2.15. The molecule has 0 aromatic carbocycles. The van der Waals surface area contributed by atoms with Crippen LogP contribution in [-0.4, -0.2) is 40.1 Å². The van der Waals surface area contributed by atoms with Gasteiger partial charge < -0.3 is 15.1 Å². The van der Waals surface area contributed by atoms with Crippen molar-refractivity contribution in [1.82, 2.24) is 4.90 Å². The number of hydrogen-bond donors (Lipinski definition) is 2. The Kier molecular flexibility index (Phi) is 5.77. The normalized spacial score (nSPS) is 15.1. The Balaban J connectivity index is 0.00000196. The Bertz CT molecular complexity index is 255. The lowest BCUT2D eigenvalue weighted by atomic mass is 10.1. The third-order valence-electron chi connectivity index (χ3n) is 2.16. The van der Waals surface area contributed by atoms with Gasteiger partial charge in [0.05, 0.1) is 0 Å². The number of carbonyl (C=O) groups is 2. The molecule has 1 aliphatic heterocycles. The highest BCUT2D eigenvalue weighted by Crippen LogP contribution is 2.10. The summed E-state index contributed by atoms with van der Waals surface area (Å²) in [5.41, 5.74) is -0.563. The number of nitrogens with zero attached hydrogens (tertiary/aromatic N) is 1. The van der Waals surface area contributed by atoms with Crippen LogP contribution < -0.4 is 0 Å². The second-order valence-corrected chi connectivity index (χ2v) is 3.25. The highest BCUT2D eigenvalue weighted by atomic mass is 35.5. The number of carboxylic acid groups (broad SMARTS) is 2. The van der Waals surface area contributed by atoms with Gasteiger partial charge in [0.15, 0.2) is 5.57 Å². The molecule has 0 amide bonds. The third kappa shape index (κ3) is 4.20. The van der Waals surface area contributed by atoms with Crippen molar-refractivity contribution in [3.8, 4) is 0 Å². The van der Waals surface area contributed by atoms with Crippen molar-refractivity contribution in [3.05, 3.63) is 11.8 Å². The fourth-order valence-corrected chi connectivity index (χ4v) is 1.43. The SMILES string of the molecule is Cl.O=C(O)C(=CN1CCCCC1)C(=O)O. The highest BCUT2D eigenvalue weighted by Gasteiger charge is 2.18. The van der Waals surface area contributed by atoms with E-state index in [1.807, 2.05) is 0 Å². The van der Waals surface area contributed by atoms with E-state index < -0.39 is 17.5 Å². The number of halogens is 1. The first-order chi connectivity index (χ1) is 6.61. The van der Waals surface area contributed by atoms with Crippen molar-refractivity contribution in [2.75, 3.05) is 13.1 Å². The number of likely N-dealkylation sites (tertiary alicyclic amines) is 1. The minimum Gasteiger partial charge on any atom is -0.477 e. The van der Waals surface area contributed by atoms with Crippen LogP contribution in [0.5, 0.6) is 0 Å². The molecule has 1 saturated heterocycles. The lowest BCUT2D eigenvalue weighted by Crippen LogP contribution is -2.27. The number of aliphatic carboxylic acids is 2. The molecule has 0 aromatic rings. The number of rotatable bonds is 3. The average molecular weight is 236 g/mol. The summed E-state index contributed by atoms with van der Waals surface area (Å²) in [4.78, 5) is 22.8. The zero-order valence-corrected chi connectivity index (χ0v) is 9.00. The third-order valence-corrected chi connectivity index (χ3v) is 2.16. The van der Waals surface area contributed by atoms with Gasteiger partial charge in [-0.05, 0) is 19.3 Å². The largest absolute Gasteiger partial charge is 0.477 e. The van der Waals surface area contributed by atoms with E-state index in [1.54, 1.807) is 4.90 Å². The van der Waals surface area contributed by atoms with Crippen molar-refractivity contribution in [3.63, 3.8) is 0 Å². The van der Waals surface area contributed by atoms with E-state index in [4.69, 9.17) is 10.2 Å². The van der Waals surface area contributed by atoms with Crippen LogP contribution in [0.15, 0.2) is 11.8 Å². The monoisotopic (exact) mass is 235 g/mol. The van der Waals surface area contributed by atoms with Gasteiger partial charge in [-0.1, -0.05) is 0 Å². The summed E-state index contributed by atoms with van der Waals surface area (Å²) >= 11 is 0. The Morgan fingerprint density at radius 2 is 1.47 bits per heavy atom. The van der Waals surface area contributed by atoms with Crippen molar-refractivity contribution in [1.29, 1.82) is 0 Å². The molecule has 0 aliphatic carbocycles. The standard InChI is InChI=1S/C9H13NO4.ClH/c11-8(12)7(9(13)14)6-10-4-2-1-3-5-10;/h6H,1-5H2,(H,11,12)(H,13,14);1H. The minimum atomic E-state index is -1.39. The molecule has 0 aromatic heterocycles. The summed E-state index contributed by atoms with van der Waals surface area (Å²) in [7, 11) is 0. The van der Waals surface area contributed by atoms with Crippen LogP contribution in [0.3, 0.4) is 0 Å². The predicted molar refractivity (Wildman–Crippen MR) is 56.0 cm³/mol. The van der Waals surface area contributed by atoms with Crippen molar-refractivity contribution in [2.45, 2.75) is 19.3 Å². The smallest absolute Gasteiger partial charge is 0.344 e. The van der Waals surface area contributed by atoms with Crippen LogP contribution in [0.1, 0.15) is 19.3 Å². The molecule has 0 unspecified atom stereocenters. The molecule has 1 rings (SSSR count). The Morgan fingerprint density at radius 1 is 1.00 bits per heavy atom. The van der Waals surface area contributed by atoms with Gasteiger partial charge in [-0.3, -0.25) is 0 Å². The second kappa shape index (κ2) is 6.29. The van der Waals surface area contributed by atoms with Gasteiger partial charge in [-0.15, -0.1) is 12.4 Å². The topological polar surface area (TPSA) is 77.8 Å². The molecule has 1 fully saturated rings. The number of hydrogen-bond acceptors (Lipinski definition) is 3. The van der Waals surface area contributed by atoms with E-state index in [1.165, 1.54) is 6.20 Å². The van der Waals surface area contributed by atoms with E-state index in [9.17, 15) is 9.59 Å². The lowest BCUT2D eigenvalue weighted by molar-refractivity contribution is -0.140. The number of carboxylic acids is 2. The van der Waals surface area contributed by atoms with Gasteiger partial charge in [-0.25, -0.2) is 9.59 Å². The lowest BCUT2D eigenvalue weighted by Gasteiger charge is -2.25. The summed E-state index contributed by atoms with van der Waals surface area (Å²) in [6, 6.07) is 0. The molecule has 0 atom stereocenters. The van der Waals surface area contributed by atoms with Gasteiger partial charge >= 0.3 is 11.9 Å². The molecule has 1 heterocycles. The maximum atomic E-state index is 10.5. The Hall–Kier alpha value is -1.23. The van der Waals surface area contributed by atoms with Crippen molar-refractivity contribution in [2.24, 2.45) is 0 Å². The van der Waals surface area contributed by atoms with E-state index in [-0.39, 0.29) is 12.4 Å². The molecule has 0 saturated carbocycles. The first-order valence-electron chi connectivity index (χ1n) is 4.53. The van der Waals surface area contributed by atoms with E-state index in [0.717, 1.165) is 32.4 Å². The van der Waals surface area contributed by atoms with Crippen LogP contribution in [0.25, 0.3) is 0 Å². The molecule has 0 bridgehead atoms. The van der Waals surface area contributed by atoms with Crippen molar-refractivity contribution >= 4 is 24.3 Å². The molecule has 86 valence electrons. The van der Waals surface area contributed by atoms with E-state index in [2.05, 4.69) is 0 Å². The maximum Gasteiger partial charge on any atom is 0.344 e. The summed E-state index contributed by atoms with van der Waals surface area (Å²) in [5.74, 6) is -2.77. The molecule has 0 radical (unpaired) electrons. The zero-order valence-electron chi connectivity index (χ0n) is 8.18. The first kappa shape index (κ1) is 13.8. The summed E-state index contributed by atoms with van der Waals surface area (Å²) in [6.45, 7) is 1.48. The quantitative estimate of drug-likeness (QED) is 0.433. The molecular formula is C9H14ClNO4. The summed E-state index contributed by atoms with van der Waals surface area (Å²) in [6.07, 6.45) is 4.33. The molecule has 1 aliphatic rings. The van der Waals surface area contributed by atoms with Crippen LogP contribution in [0.4, 0.5) is 0 Å². The molecule has 2 N–H and O–H groups in total. The highest BCUT2D eigenvalue weighted by molar-refractivity contribution is 6.12. The molecule has 0 spiro atoms. The fourth-order valence-electron chi connectivity index (χ4n) is 1.43. The van der Waals surface area contributed by atoms with Gasteiger partial charge in [0.2, 0.25) is 0 Å². The molecular weight excluding hydrogens is 222 g/mol. The minimum absolute atomic E-state index is 0. The predicted octanol–water partition coefficient (Wildman–Crippen LogP) is 0.947. The van der Waals surface area contributed by atoms with Gasteiger partial charge in [0.1, 0.15) is 0 Å². The Morgan fingerprint density at radius 3 is 1.87 bits per heavy atom. The summed E-state index contributed by atoms with van der Waals surface area (Å²) in [5, 5.41) is 17.2. The van der Waals surface area contributed by atoms with Gasteiger partial charge in [-0.2, -0.15) is 0 Å². The van der Waals surface area contributed by atoms with Crippen LogP contribution >= 0.6 is 12.4 Å². The number of piperidine rings is 1. The van der Waals surface area contributed by atoms with Crippen LogP contribution in [0, 0.1) is 0 Å². The van der Waals surface area contributed by atoms with E-state index >= 15 is 0 Å². The molecule has 5 nitrogen and oxygen atoms in total. The summed E-state index contributed by atoms with van der Waals surface area (Å²) < 4.78 is 0. The van der Waals surface area contributed by atoms with E-state index in [0.29, 0.717) is 0 Å². The van der Waals surface area contributed by atoms with Crippen LogP contribution in [0.2, 0.25) is 0 Å². The second-order valence-electron chi connectivity index (χ2n) is 3.25. The van der Waals surface area contributed by atoms with Gasteiger partial charge in [0.25, 0.3) is 0 Å². The maximum absolute atomic E-state index is 10.5. The van der Waals surface area contributed by atoms with Crippen molar-refractivity contribution < 1.29 is 19.8 Å². The molecule has 6 heteroatoms. The fraction of sp³-hybridized carbons (Fsp3) is 0.556.